The third-order valence-electron chi connectivity index (χ3n) is 3.96. The fourth-order valence-electron chi connectivity index (χ4n) is 2.74. The Morgan fingerprint density at radius 1 is 1.36 bits per heavy atom. The van der Waals surface area contributed by atoms with E-state index in [9.17, 15) is 0 Å². The van der Waals surface area contributed by atoms with Gasteiger partial charge in [-0.3, -0.25) is 9.89 Å². The second-order valence-electron chi connectivity index (χ2n) is 5.51. The van der Waals surface area contributed by atoms with Crippen LogP contribution in [0.5, 0.6) is 0 Å². The molecule has 0 radical (unpaired) electrons. The predicted octanol–water partition coefficient (Wildman–Crippen LogP) is 3.00. The van der Waals surface area contributed by atoms with Gasteiger partial charge in [0, 0.05) is 20.1 Å². The highest BCUT2D eigenvalue weighted by molar-refractivity contribution is 14.0. The maximum atomic E-state index is 5.63. The molecule has 2 heterocycles. The molecule has 126 valence electrons. The molecule has 1 saturated heterocycles. The lowest BCUT2D eigenvalue weighted by Crippen LogP contribution is -2.42. The van der Waals surface area contributed by atoms with Gasteiger partial charge in [-0.15, -0.1) is 24.0 Å². The Morgan fingerprint density at radius 3 is 2.73 bits per heavy atom. The molecule has 0 amide bonds. The van der Waals surface area contributed by atoms with Gasteiger partial charge in [0.1, 0.15) is 5.76 Å². The van der Waals surface area contributed by atoms with E-state index in [1.54, 1.807) is 6.26 Å². The number of furan rings is 1. The molecule has 1 aliphatic rings. The lowest BCUT2D eigenvalue weighted by atomic mass is 10.2. The van der Waals surface area contributed by atoms with Crippen molar-refractivity contribution in [1.82, 2.24) is 15.5 Å². The molecule has 1 unspecified atom stereocenters. The van der Waals surface area contributed by atoms with E-state index in [1.807, 2.05) is 13.1 Å². The van der Waals surface area contributed by atoms with Crippen molar-refractivity contribution < 1.29 is 4.42 Å². The molecular formula is C16H29IN4O. The summed E-state index contributed by atoms with van der Waals surface area (Å²) in [4.78, 5) is 6.78. The first kappa shape index (κ1) is 19.3. The summed E-state index contributed by atoms with van der Waals surface area (Å²) >= 11 is 0. The van der Waals surface area contributed by atoms with Crippen molar-refractivity contribution in [3.05, 3.63) is 24.2 Å². The number of rotatable bonds is 7. The Bertz CT molecular complexity index is 416. The van der Waals surface area contributed by atoms with E-state index in [0.29, 0.717) is 0 Å². The fourth-order valence-corrected chi connectivity index (χ4v) is 2.74. The average molecular weight is 420 g/mol. The number of nitrogens with zero attached hydrogens (tertiary/aromatic N) is 2. The zero-order valence-corrected chi connectivity index (χ0v) is 16.0. The van der Waals surface area contributed by atoms with Gasteiger partial charge in [-0.05, 0) is 44.5 Å². The van der Waals surface area contributed by atoms with Gasteiger partial charge in [-0.25, -0.2) is 0 Å². The SMILES string of the molecule is CCCCNC(=NC)NCC(c1ccco1)N1CCCC1.I. The summed E-state index contributed by atoms with van der Waals surface area (Å²) in [6.45, 7) is 6.27. The summed E-state index contributed by atoms with van der Waals surface area (Å²) in [6.07, 6.45) is 6.66. The van der Waals surface area contributed by atoms with Gasteiger partial charge < -0.3 is 15.1 Å². The van der Waals surface area contributed by atoms with Crippen LogP contribution in [0.1, 0.15) is 44.4 Å². The number of aliphatic imine (C=N–C) groups is 1. The van der Waals surface area contributed by atoms with Crippen LogP contribution in [-0.4, -0.2) is 44.1 Å². The first-order valence-electron chi connectivity index (χ1n) is 8.07. The summed E-state index contributed by atoms with van der Waals surface area (Å²) in [5, 5.41) is 6.78. The van der Waals surface area contributed by atoms with Gasteiger partial charge in [-0.1, -0.05) is 13.3 Å². The van der Waals surface area contributed by atoms with Crippen molar-refractivity contribution in [2.45, 2.75) is 38.6 Å². The van der Waals surface area contributed by atoms with E-state index in [4.69, 9.17) is 4.42 Å². The Morgan fingerprint density at radius 2 is 2.14 bits per heavy atom. The van der Waals surface area contributed by atoms with Gasteiger partial charge in [0.05, 0.1) is 12.3 Å². The minimum atomic E-state index is 0. The lowest BCUT2D eigenvalue weighted by molar-refractivity contribution is 0.215. The summed E-state index contributed by atoms with van der Waals surface area (Å²) in [5.41, 5.74) is 0. The van der Waals surface area contributed by atoms with Crippen molar-refractivity contribution in [2.24, 2.45) is 4.99 Å². The third kappa shape index (κ3) is 5.79. The molecule has 0 aromatic carbocycles. The lowest BCUT2D eigenvalue weighted by Gasteiger charge is -2.26. The monoisotopic (exact) mass is 420 g/mol. The molecule has 5 nitrogen and oxygen atoms in total. The van der Waals surface area contributed by atoms with Crippen molar-refractivity contribution >= 4 is 29.9 Å². The van der Waals surface area contributed by atoms with Gasteiger partial charge in [-0.2, -0.15) is 0 Å². The van der Waals surface area contributed by atoms with Crippen LogP contribution in [0, 0.1) is 0 Å². The zero-order valence-electron chi connectivity index (χ0n) is 13.7. The summed E-state index contributed by atoms with van der Waals surface area (Å²) < 4.78 is 5.63. The molecule has 1 fully saturated rings. The van der Waals surface area contributed by atoms with Crippen LogP contribution in [0.3, 0.4) is 0 Å². The molecule has 2 N–H and O–H groups in total. The number of hydrogen-bond donors (Lipinski definition) is 2. The fraction of sp³-hybridized carbons (Fsp3) is 0.688. The topological polar surface area (TPSA) is 52.8 Å². The second kappa shape index (κ2) is 10.9. The highest BCUT2D eigenvalue weighted by Crippen LogP contribution is 2.24. The largest absolute Gasteiger partial charge is 0.468 e. The molecular weight excluding hydrogens is 391 g/mol. The zero-order chi connectivity index (χ0) is 14.9. The average Bonchev–Trinajstić information content (AvgIpc) is 3.19. The number of hydrogen-bond acceptors (Lipinski definition) is 3. The highest BCUT2D eigenvalue weighted by Gasteiger charge is 2.25. The first-order valence-corrected chi connectivity index (χ1v) is 8.07. The Kier molecular flexibility index (Phi) is 9.54. The minimum Gasteiger partial charge on any atom is -0.468 e. The van der Waals surface area contributed by atoms with Crippen molar-refractivity contribution in [2.75, 3.05) is 33.2 Å². The maximum absolute atomic E-state index is 5.63. The van der Waals surface area contributed by atoms with E-state index in [1.165, 1.54) is 19.3 Å². The molecule has 1 aliphatic heterocycles. The van der Waals surface area contributed by atoms with E-state index in [0.717, 1.165) is 44.3 Å². The second-order valence-corrected chi connectivity index (χ2v) is 5.51. The van der Waals surface area contributed by atoms with E-state index >= 15 is 0 Å². The molecule has 1 atom stereocenters. The van der Waals surface area contributed by atoms with Crippen LogP contribution in [0.2, 0.25) is 0 Å². The molecule has 0 saturated carbocycles. The number of likely N-dealkylation sites (tertiary alicyclic amines) is 1. The molecule has 1 aromatic heterocycles. The normalized spacial score (nSPS) is 17.1. The molecule has 1 aromatic rings. The van der Waals surface area contributed by atoms with Gasteiger partial charge in [0.2, 0.25) is 0 Å². The van der Waals surface area contributed by atoms with Crippen LogP contribution < -0.4 is 10.6 Å². The first-order chi connectivity index (χ1) is 10.3. The standard InChI is InChI=1S/C16H28N4O.HI/c1-3-4-9-18-16(17-2)19-13-14(15-8-7-12-21-15)20-10-5-6-11-20;/h7-8,12,14H,3-6,9-11,13H2,1-2H3,(H2,17,18,19);1H. The summed E-state index contributed by atoms with van der Waals surface area (Å²) in [6, 6.07) is 4.32. The van der Waals surface area contributed by atoms with Crippen molar-refractivity contribution in [3.63, 3.8) is 0 Å². The predicted molar refractivity (Wildman–Crippen MR) is 102 cm³/mol. The van der Waals surface area contributed by atoms with Crippen LogP contribution >= 0.6 is 24.0 Å². The Balaban J connectivity index is 0.00000242. The number of halogens is 1. The quantitative estimate of drug-likeness (QED) is 0.308. The molecule has 0 bridgehead atoms. The van der Waals surface area contributed by atoms with Crippen LogP contribution in [-0.2, 0) is 0 Å². The minimum absolute atomic E-state index is 0. The summed E-state index contributed by atoms with van der Waals surface area (Å²) in [7, 11) is 1.82. The highest BCUT2D eigenvalue weighted by atomic mass is 127. The maximum Gasteiger partial charge on any atom is 0.191 e. The van der Waals surface area contributed by atoms with Crippen molar-refractivity contribution in [3.8, 4) is 0 Å². The van der Waals surface area contributed by atoms with E-state index in [2.05, 4.69) is 33.5 Å². The third-order valence-corrected chi connectivity index (χ3v) is 3.96. The Labute approximate surface area is 150 Å². The van der Waals surface area contributed by atoms with Gasteiger partial charge >= 0.3 is 0 Å². The van der Waals surface area contributed by atoms with Crippen LogP contribution in [0.25, 0.3) is 0 Å². The molecule has 22 heavy (non-hydrogen) atoms. The van der Waals surface area contributed by atoms with Crippen LogP contribution in [0.4, 0.5) is 0 Å². The van der Waals surface area contributed by atoms with E-state index in [-0.39, 0.29) is 30.0 Å². The number of guanidine groups is 1. The molecule has 2 rings (SSSR count). The molecule has 6 heteroatoms. The Hall–Kier alpha value is -0.760. The number of nitrogens with one attached hydrogen (secondary N) is 2. The molecule has 0 spiro atoms. The molecule has 0 aliphatic carbocycles. The van der Waals surface area contributed by atoms with Gasteiger partial charge in [0.15, 0.2) is 5.96 Å². The summed E-state index contributed by atoms with van der Waals surface area (Å²) in [5.74, 6) is 1.91. The van der Waals surface area contributed by atoms with Crippen molar-refractivity contribution in [1.29, 1.82) is 0 Å². The van der Waals surface area contributed by atoms with E-state index < -0.39 is 0 Å². The van der Waals surface area contributed by atoms with Crippen LogP contribution in [0.15, 0.2) is 27.8 Å². The van der Waals surface area contributed by atoms with Gasteiger partial charge in [0.25, 0.3) is 0 Å². The smallest absolute Gasteiger partial charge is 0.191 e. The number of unbranched alkanes of at least 4 members (excludes halogenated alkanes) is 1.